The minimum Gasteiger partial charge on any atom is -0.394 e. The Labute approximate surface area is 236 Å². The summed E-state index contributed by atoms with van der Waals surface area (Å²) in [7, 11) is -5.43. The molecule has 2 aliphatic rings. The molecular weight excluding hydrogens is 618 g/mol. The minimum atomic E-state index is -5.43. The Hall–Kier alpha value is -1.36. The Balaban J connectivity index is 1.37. The fourth-order valence-corrected chi connectivity index (χ4v) is 7.47. The van der Waals surface area contributed by atoms with Crippen LogP contribution in [-0.4, -0.2) is 124 Å². The van der Waals surface area contributed by atoms with Crippen LogP contribution < -0.4 is 11.5 Å². The highest BCUT2D eigenvalue weighted by molar-refractivity contribution is 8.45. The summed E-state index contributed by atoms with van der Waals surface area (Å²) in [6.07, 6.45) is -10.9. The molecule has 2 aromatic heterocycles. The number of hydrogen-bond acceptors (Lipinski definition) is 18. The molecule has 4 rings (SSSR count). The van der Waals surface area contributed by atoms with Gasteiger partial charge in [0.05, 0.1) is 44.4 Å². The van der Waals surface area contributed by atoms with Gasteiger partial charge in [0.25, 0.3) is 0 Å². The van der Waals surface area contributed by atoms with Crippen LogP contribution in [0.25, 0.3) is 11.2 Å². The molecule has 20 nitrogen and oxygen atoms in total. The predicted molar refractivity (Wildman–Crippen MR) is 137 cm³/mol. The second kappa shape index (κ2) is 12.7. The molecule has 0 bridgehead atoms. The van der Waals surface area contributed by atoms with E-state index < -0.39 is 95.5 Å². The molecule has 4 heterocycles. The van der Waals surface area contributed by atoms with Crippen LogP contribution in [0.3, 0.4) is 0 Å². The molecular formula is C18H30N6O14P2S. The quantitative estimate of drug-likeness (QED) is 0.0886. The van der Waals surface area contributed by atoms with Gasteiger partial charge in [-0.2, -0.15) is 4.31 Å². The summed E-state index contributed by atoms with van der Waals surface area (Å²) in [4.78, 5) is 22.1. The number of phosphoric ester groups is 1. The number of phosphoric acid groups is 1. The van der Waals surface area contributed by atoms with E-state index in [0.29, 0.717) is 0 Å². The Bertz CT molecular complexity index is 1310. The number of ether oxygens (including phenoxy) is 2. The van der Waals surface area contributed by atoms with Crippen LogP contribution in [0, 0.1) is 5.92 Å². The average Bonchev–Trinajstić information content (AvgIpc) is 3.43. The number of anilines is 1. The number of thiol groups is 1. The van der Waals surface area contributed by atoms with E-state index in [0.717, 1.165) is 0 Å². The summed E-state index contributed by atoms with van der Waals surface area (Å²) in [5.41, 5.74) is 12.4. The lowest BCUT2D eigenvalue weighted by molar-refractivity contribution is -0.173. The fourth-order valence-electron chi connectivity index (χ4n) is 4.27. The molecule has 0 radical (unpaired) electrons. The normalized spacial score (nSPS) is 36.5. The molecule has 232 valence electrons. The average molecular weight is 648 g/mol. The highest BCUT2D eigenvalue weighted by Gasteiger charge is 2.48. The Kier molecular flexibility index (Phi) is 10.1. The van der Waals surface area contributed by atoms with E-state index in [1.807, 2.05) is 0 Å². The first kappa shape index (κ1) is 32.6. The van der Waals surface area contributed by atoms with Crippen molar-refractivity contribution in [1.82, 2.24) is 19.5 Å². The third-order valence-corrected chi connectivity index (χ3v) is 10.1. The fraction of sp³-hybridized carbons (Fsp3) is 0.722. The van der Waals surface area contributed by atoms with Crippen molar-refractivity contribution in [2.45, 2.75) is 55.2 Å². The standard InChI is InChI=1S/C18H30N6O14P2S/c19-9-12(28)8(36-17(9)24-5-23-10-15(20)21-4-22-16(10)24)3-35-40(33,41)38-39(31,32)37-18-14(30)13(29)11(27)6(2-34-18)7(26)1-25/h4-9,11-14,17-18,25-30H,1-3,19H2,(H,31,32)(H,33,41)(H2,20,21,22)/t6?,7-,8+,9+,11?,12+,13?,14?,17+,18?,40?/m0/s1. The van der Waals surface area contributed by atoms with Gasteiger partial charge < -0.3 is 56.5 Å². The zero-order chi connectivity index (χ0) is 30.3. The number of aliphatic hydroxyl groups is 6. The maximum absolute atomic E-state index is 12.7. The maximum Gasteiger partial charge on any atom is 0.482 e. The first-order valence-electron chi connectivity index (χ1n) is 11.8. The number of nitrogens with two attached hydrogens (primary N) is 2. The molecule has 0 aliphatic carbocycles. The second-order valence-corrected chi connectivity index (χ2v) is 13.7. The predicted octanol–water partition coefficient (Wildman–Crippen LogP) is -3.41. The summed E-state index contributed by atoms with van der Waals surface area (Å²) < 4.78 is 51.6. The third-order valence-electron chi connectivity index (χ3n) is 6.48. The van der Waals surface area contributed by atoms with Crippen molar-refractivity contribution in [2.75, 3.05) is 25.6 Å². The first-order valence-corrected chi connectivity index (χ1v) is 16.0. The van der Waals surface area contributed by atoms with E-state index in [4.69, 9.17) is 30.6 Å². The highest BCUT2D eigenvalue weighted by Crippen LogP contribution is 2.66. The molecule has 0 aromatic carbocycles. The summed E-state index contributed by atoms with van der Waals surface area (Å²) in [6.45, 7) is -6.92. The topological polar surface area (TPSA) is 318 Å². The lowest BCUT2D eigenvalue weighted by Crippen LogP contribution is -2.47. The van der Waals surface area contributed by atoms with E-state index in [1.54, 1.807) is 0 Å². The van der Waals surface area contributed by atoms with E-state index in [9.17, 15) is 39.6 Å². The molecule has 12 atom stereocenters. The van der Waals surface area contributed by atoms with Crippen molar-refractivity contribution < 1.29 is 67.5 Å². The molecule has 11 N–H and O–H groups in total. The molecule has 2 saturated heterocycles. The number of imidazole rings is 1. The first-order chi connectivity index (χ1) is 19.2. The molecule has 41 heavy (non-hydrogen) atoms. The number of fused-ring (bicyclic) bond motifs is 1. The lowest BCUT2D eigenvalue weighted by Gasteiger charge is -2.28. The van der Waals surface area contributed by atoms with Crippen molar-refractivity contribution >= 4 is 43.9 Å². The zero-order valence-electron chi connectivity index (χ0n) is 20.8. The number of nitrogens with zero attached hydrogens (tertiary/aromatic N) is 4. The van der Waals surface area contributed by atoms with Crippen molar-refractivity contribution in [3.8, 4) is 0 Å². The van der Waals surface area contributed by atoms with Gasteiger partial charge in [-0.1, -0.05) is 12.2 Å². The van der Waals surface area contributed by atoms with Crippen molar-refractivity contribution in [2.24, 2.45) is 11.7 Å². The summed E-state index contributed by atoms with van der Waals surface area (Å²) in [5, 5.41) is 59.9. The second-order valence-electron chi connectivity index (χ2n) is 9.22. The number of nitrogen functional groups attached to an aromatic ring is 1. The monoisotopic (exact) mass is 648 g/mol. The van der Waals surface area contributed by atoms with Gasteiger partial charge in [0.15, 0.2) is 24.0 Å². The Morgan fingerprint density at radius 2 is 1.85 bits per heavy atom. The van der Waals surface area contributed by atoms with Crippen molar-refractivity contribution in [3.05, 3.63) is 12.7 Å². The number of aliphatic hydroxyl groups excluding tert-OH is 6. The largest absolute Gasteiger partial charge is 0.482 e. The van der Waals surface area contributed by atoms with E-state index in [1.165, 1.54) is 17.2 Å². The molecule has 0 saturated carbocycles. The zero-order valence-corrected chi connectivity index (χ0v) is 23.5. The van der Waals surface area contributed by atoms with Crippen LogP contribution in [0.1, 0.15) is 6.23 Å². The van der Waals surface area contributed by atoms with E-state index in [2.05, 4.69) is 36.0 Å². The van der Waals surface area contributed by atoms with Crippen LogP contribution in [-0.2, 0) is 32.0 Å². The Morgan fingerprint density at radius 3 is 2.54 bits per heavy atom. The van der Waals surface area contributed by atoms with Crippen LogP contribution in [0.2, 0.25) is 0 Å². The van der Waals surface area contributed by atoms with Gasteiger partial charge in [-0.15, -0.1) is 0 Å². The van der Waals surface area contributed by atoms with Gasteiger partial charge in [-0.05, 0) is 0 Å². The molecule has 2 aromatic rings. The number of aromatic nitrogens is 4. The molecule has 2 fully saturated rings. The SMILES string of the molecule is Nc1ncnc2c1ncn2[C@@H]1O[C@H](COP(=O)(S)OP(=O)(O)OC2OCC([C@@H](O)CO)C(O)C(O)C2O)[C@@H](O)[C@H]1N. The summed E-state index contributed by atoms with van der Waals surface area (Å²) >= 11 is 3.63. The van der Waals surface area contributed by atoms with E-state index in [-0.39, 0.29) is 17.0 Å². The van der Waals surface area contributed by atoms with Gasteiger partial charge in [0, 0.05) is 5.92 Å². The Morgan fingerprint density at radius 1 is 1.15 bits per heavy atom. The lowest BCUT2D eigenvalue weighted by atomic mass is 9.92. The van der Waals surface area contributed by atoms with Crippen molar-refractivity contribution in [1.29, 1.82) is 0 Å². The molecule has 0 amide bonds. The van der Waals surface area contributed by atoms with Crippen LogP contribution in [0.5, 0.6) is 0 Å². The van der Waals surface area contributed by atoms with Gasteiger partial charge in [-0.3, -0.25) is 13.6 Å². The van der Waals surface area contributed by atoms with Crippen molar-refractivity contribution in [3.63, 3.8) is 0 Å². The summed E-state index contributed by atoms with van der Waals surface area (Å²) in [6, 6.07) is -1.06. The van der Waals surface area contributed by atoms with Crippen LogP contribution in [0.15, 0.2) is 12.7 Å². The molecule has 23 heteroatoms. The summed E-state index contributed by atoms with van der Waals surface area (Å²) in [5.74, 6) is -1.21. The van der Waals surface area contributed by atoms with Crippen LogP contribution in [0.4, 0.5) is 5.82 Å². The molecule has 2 aliphatic heterocycles. The molecule has 0 spiro atoms. The third kappa shape index (κ3) is 7.07. The van der Waals surface area contributed by atoms with Gasteiger partial charge in [0.1, 0.15) is 36.3 Å². The van der Waals surface area contributed by atoms with E-state index >= 15 is 0 Å². The number of rotatable bonds is 10. The van der Waals surface area contributed by atoms with Gasteiger partial charge in [-0.25, -0.2) is 24.1 Å². The number of hydrogen-bond donors (Lipinski definition) is 10. The smallest absolute Gasteiger partial charge is 0.394 e. The highest BCUT2D eigenvalue weighted by atomic mass is 32.7. The minimum absolute atomic E-state index is 0.0968. The van der Waals surface area contributed by atoms with Gasteiger partial charge in [0.2, 0.25) is 0 Å². The molecule has 7 unspecified atom stereocenters. The van der Waals surface area contributed by atoms with Gasteiger partial charge >= 0.3 is 14.6 Å². The maximum atomic E-state index is 12.7. The van der Waals surface area contributed by atoms with Crippen LogP contribution >= 0.6 is 26.9 Å².